The van der Waals surface area contributed by atoms with Gasteiger partial charge in [0.1, 0.15) is 0 Å². The SMILES string of the molecule is Clc1ccc(CBr)cc1-c1ccccc1. The first-order valence-electron chi connectivity index (χ1n) is 4.71. The van der Waals surface area contributed by atoms with Crippen LogP contribution in [0.25, 0.3) is 11.1 Å². The zero-order valence-corrected chi connectivity index (χ0v) is 10.4. The van der Waals surface area contributed by atoms with Crippen LogP contribution in [0.1, 0.15) is 5.56 Å². The van der Waals surface area contributed by atoms with Crippen molar-refractivity contribution in [1.29, 1.82) is 0 Å². The molecule has 2 aromatic rings. The van der Waals surface area contributed by atoms with Gasteiger partial charge in [-0.05, 0) is 23.3 Å². The first-order valence-corrected chi connectivity index (χ1v) is 6.21. The van der Waals surface area contributed by atoms with Crippen molar-refractivity contribution in [3.05, 3.63) is 59.1 Å². The molecule has 0 atom stereocenters. The Bertz CT molecular complexity index is 451. The Kier molecular flexibility index (Phi) is 3.45. The molecule has 15 heavy (non-hydrogen) atoms. The average molecular weight is 282 g/mol. The van der Waals surface area contributed by atoms with Crippen molar-refractivity contribution in [2.24, 2.45) is 0 Å². The average Bonchev–Trinajstić information content (AvgIpc) is 2.31. The van der Waals surface area contributed by atoms with Gasteiger partial charge in [-0.3, -0.25) is 0 Å². The van der Waals surface area contributed by atoms with Crippen molar-refractivity contribution in [2.45, 2.75) is 5.33 Å². The van der Waals surface area contributed by atoms with Gasteiger partial charge in [0.2, 0.25) is 0 Å². The Morgan fingerprint density at radius 3 is 2.40 bits per heavy atom. The van der Waals surface area contributed by atoms with Crippen LogP contribution in [-0.4, -0.2) is 0 Å². The van der Waals surface area contributed by atoms with Crippen LogP contribution >= 0.6 is 27.5 Å². The Balaban J connectivity index is 2.52. The topological polar surface area (TPSA) is 0 Å². The van der Waals surface area contributed by atoms with Crippen LogP contribution in [0, 0.1) is 0 Å². The molecule has 2 heteroatoms. The van der Waals surface area contributed by atoms with E-state index in [0.29, 0.717) is 0 Å². The third-order valence-corrected chi connectivity index (χ3v) is 3.25. The molecule has 0 aliphatic carbocycles. The summed E-state index contributed by atoms with van der Waals surface area (Å²) in [6.07, 6.45) is 0. The summed E-state index contributed by atoms with van der Waals surface area (Å²) < 4.78 is 0. The van der Waals surface area contributed by atoms with E-state index in [0.717, 1.165) is 21.5 Å². The summed E-state index contributed by atoms with van der Waals surface area (Å²) in [6, 6.07) is 16.3. The molecule has 0 saturated carbocycles. The van der Waals surface area contributed by atoms with E-state index in [9.17, 15) is 0 Å². The Morgan fingerprint density at radius 1 is 1.00 bits per heavy atom. The van der Waals surface area contributed by atoms with Gasteiger partial charge in [-0.2, -0.15) is 0 Å². The van der Waals surface area contributed by atoms with Gasteiger partial charge in [0.25, 0.3) is 0 Å². The van der Waals surface area contributed by atoms with Gasteiger partial charge in [-0.1, -0.05) is 63.9 Å². The van der Waals surface area contributed by atoms with Crippen molar-refractivity contribution >= 4 is 27.5 Å². The fraction of sp³-hybridized carbons (Fsp3) is 0.0769. The zero-order valence-electron chi connectivity index (χ0n) is 8.08. The molecule has 0 aliphatic rings. The maximum atomic E-state index is 6.17. The Morgan fingerprint density at radius 2 is 1.73 bits per heavy atom. The molecule has 0 aliphatic heterocycles. The first-order chi connectivity index (χ1) is 7.31. The Labute approximate surface area is 103 Å². The second-order valence-electron chi connectivity index (χ2n) is 3.31. The van der Waals surface area contributed by atoms with Gasteiger partial charge < -0.3 is 0 Å². The minimum atomic E-state index is 0.797. The fourth-order valence-electron chi connectivity index (χ4n) is 1.49. The molecule has 0 saturated heterocycles. The van der Waals surface area contributed by atoms with E-state index in [2.05, 4.69) is 34.1 Å². The lowest BCUT2D eigenvalue weighted by atomic mass is 10.0. The normalized spacial score (nSPS) is 10.3. The highest BCUT2D eigenvalue weighted by Crippen LogP contribution is 2.29. The molecule has 0 nitrogen and oxygen atoms in total. The smallest absolute Gasteiger partial charge is 0.0484 e. The molecule has 0 fully saturated rings. The van der Waals surface area contributed by atoms with Gasteiger partial charge in [-0.25, -0.2) is 0 Å². The van der Waals surface area contributed by atoms with E-state index in [1.54, 1.807) is 0 Å². The van der Waals surface area contributed by atoms with E-state index in [1.807, 2.05) is 30.3 Å². The molecular formula is C13H10BrCl. The fourth-order valence-corrected chi connectivity index (χ4v) is 2.07. The molecule has 0 amide bonds. The molecule has 0 bridgehead atoms. The molecule has 76 valence electrons. The predicted molar refractivity (Wildman–Crippen MR) is 69.5 cm³/mol. The maximum Gasteiger partial charge on any atom is 0.0484 e. The highest BCUT2D eigenvalue weighted by atomic mass is 79.9. The molecular weight excluding hydrogens is 272 g/mol. The molecule has 0 aromatic heterocycles. The van der Waals surface area contributed by atoms with Crippen LogP contribution in [0.5, 0.6) is 0 Å². The van der Waals surface area contributed by atoms with Gasteiger partial charge >= 0.3 is 0 Å². The van der Waals surface area contributed by atoms with Gasteiger partial charge in [-0.15, -0.1) is 0 Å². The lowest BCUT2D eigenvalue weighted by molar-refractivity contribution is 1.43. The van der Waals surface area contributed by atoms with Crippen LogP contribution in [0.4, 0.5) is 0 Å². The summed E-state index contributed by atoms with van der Waals surface area (Å²) in [4.78, 5) is 0. The first kappa shape index (κ1) is 10.7. The molecule has 0 heterocycles. The number of hydrogen-bond acceptors (Lipinski definition) is 0. The quantitative estimate of drug-likeness (QED) is 0.687. The van der Waals surface area contributed by atoms with E-state index in [1.165, 1.54) is 5.56 Å². The second-order valence-corrected chi connectivity index (χ2v) is 4.28. The molecule has 2 aromatic carbocycles. The van der Waals surface area contributed by atoms with Crippen LogP contribution in [0.2, 0.25) is 5.02 Å². The lowest BCUT2D eigenvalue weighted by Gasteiger charge is -2.06. The molecule has 0 radical (unpaired) electrons. The summed E-state index contributed by atoms with van der Waals surface area (Å²) in [7, 11) is 0. The van der Waals surface area contributed by atoms with Gasteiger partial charge in [0.15, 0.2) is 0 Å². The van der Waals surface area contributed by atoms with Gasteiger partial charge in [0.05, 0.1) is 0 Å². The van der Waals surface area contributed by atoms with Crippen molar-refractivity contribution in [1.82, 2.24) is 0 Å². The highest BCUT2D eigenvalue weighted by molar-refractivity contribution is 9.08. The highest BCUT2D eigenvalue weighted by Gasteiger charge is 2.03. The van der Waals surface area contributed by atoms with Crippen molar-refractivity contribution < 1.29 is 0 Å². The number of hydrogen-bond donors (Lipinski definition) is 0. The van der Waals surface area contributed by atoms with Crippen molar-refractivity contribution in [3.63, 3.8) is 0 Å². The van der Waals surface area contributed by atoms with Gasteiger partial charge in [0, 0.05) is 15.9 Å². The van der Waals surface area contributed by atoms with Crippen LogP contribution in [0.3, 0.4) is 0 Å². The number of alkyl halides is 1. The predicted octanol–water partition coefficient (Wildman–Crippen LogP) is 4.90. The largest absolute Gasteiger partial charge is 0.0876 e. The van der Waals surface area contributed by atoms with E-state index < -0.39 is 0 Å². The summed E-state index contributed by atoms with van der Waals surface area (Å²) in [5.41, 5.74) is 3.48. The number of rotatable bonds is 2. The third kappa shape index (κ3) is 2.42. The molecule has 0 unspecified atom stereocenters. The van der Waals surface area contributed by atoms with Crippen molar-refractivity contribution in [2.75, 3.05) is 0 Å². The number of benzene rings is 2. The van der Waals surface area contributed by atoms with Crippen LogP contribution < -0.4 is 0 Å². The minimum Gasteiger partial charge on any atom is -0.0876 e. The standard InChI is InChI=1S/C13H10BrCl/c14-9-10-6-7-13(15)12(8-10)11-4-2-1-3-5-11/h1-8H,9H2. The number of halogens is 2. The van der Waals surface area contributed by atoms with Crippen LogP contribution in [0.15, 0.2) is 48.5 Å². The van der Waals surface area contributed by atoms with E-state index >= 15 is 0 Å². The van der Waals surface area contributed by atoms with E-state index in [-0.39, 0.29) is 0 Å². The molecule has 0 N–H and O–H groups in total. The second kappa shape index (κ2) is 4.82. The molecule has 2 rings (SSSR count). The minimum absolute atomic E-state index is 0.797. The summed E-state index contributed by atoms with van der Waals surface area (Å²) in [5, 5.41) is 1.65. The van der Waals surface area contributed by atoms with Crippen LogP contribution in [-0.2, 0) is 5.33 Å². The third-order valence-electron chi connectivity index (χ3n) is 2.27. The van der Waals surface area contributed by atoms with E-state index in [4.69, 9.17) is 11.6 Å². The summed E-state index contributed by atoms with van der Waals surface area (Å²) in [6.45, 7) is 0. The summed E-state index contributed by atoms with van der Waals surface area (Å²) >= 11 is 9.62. The molecule has 0 spiro atoms. The zero-order chi connectivity index (χ0) is 10.7. The maximum absolute atomic E-state index is 6.17. The lowest BCUT2D eigenvalue weighted by Crippen LogP contribution is -1.83. The Hall–Kier alpha value is -0.790. The van der Waals surface area contributed by atoms with Crippen molar-refractivity contribution in [3.8, 4) is 11.1 Å². The summed E-state index contributed by atoms with van der Waals surface area (Å²) in [5.74, 6) is 0. The monoisotopic (exact) mass is 280 g/mol.